The van der Waals surface area contributed by atoms with Crippen molar-refractivity contribution in [2.45, 2.75) is 39.2 Å². The molecule has 0 unspecified atom stereocenters. The first-order valence-electron chi connectivity index (χ1n) is 5.31. The highest BCUT2D eigenvalue weighted by Gasteiger charge is 2.57. The second kappa shape index (κ2) is 3.58. The summed E-state index contributed by atoms with van der Waals surface area (Å²) >= 11 is 0. The van der Waals surface area contributed by atoms with E-state index in [1.807, 2.05) is 21.0 Å². The smallest absolute Gasteiger partial charge is 0.0663 e. The van der Waals surface area contributed by atoms with E-state index in [1.54, 1.807) is 0 Å². The largest absolute Gasteiger partial charge is 0.378 e. The SMILES string of the molecule is CC.COC1(C)CC2(CN(C)C2)C1. The van der Waals surface area contributed by atoms with Crippen LogP contribution in [-0.4, -0.2) is 37.7 Å². The highest BCUT2D eigenvalue weighted by Crippen LogP contribution is 2.54. The summed E-state index contributed by atoms with van der Waals surface area (Å²) in [6, 6.07) is 0. The predicted molar refractivity (Wildman–Crippen MR) is 55.9 cm³/mol. The van der Waals surface area contributed by atoms with Gasteiger partial charge in [-0.3, -0.25) is 0 Å². The lowest BCUT2D eigenvalue weighted by Gasteiger charge is -2.62. The van der Waals surface area contributed by atoms with Gasteiger partial charge in [-0.2, -0.15) is 0 Å². The third-order valence-electron chi connectivity index (χ3n) is 3.20. The fourth-order valence-electron chi connectivity index (χ4n) is 3.00. The molecule has 1 saturated heterocycles. The van der Waals surface area contributed by atoms with Gasteiger partial charge in [-0.05, 0) is 26.8 Å². The van der Waals surface area contributed by atoms with E-state index in [9.17, 15) is 0 Å². The molecular formula is C11H23NO. The summed E-state index contributed by atoms with van der Waals surface area (Å²) in [5.74, 6) is 0. The van der Waals surface area contributed by atoms with Gasteiger partial charge in [0.05, 0.1) is 5.60 Å². The van der Waals surface area contributed by atoms with E-state index in [1.165, 1.54) is 25.9 Å². The third kappa shape index (κ3) is 1.89. The van der Waals surface area contributed by atoms with Crippen molar-refractivity contribution < 1.29 is 4.74 Å². The Labute approximate surface area is 82.3 Å². The fourth-order valence-corrected chi connectivity index (χ4v) is 3.00. The first-order valence-corrected chi connectivity index (χ1v) is 5.31. The maximum absolute atomic E-state index is 5.42. The predicted octanol–water partition coefficient (Wildman–Crippen LogP) is 2.14. The van der Waals surface area contributed by atoms with E-state index in [0.29, 0.717) is 5.41 Å². The molecule has 2 aliphatic rings. The zero-order valence-corrected chi connectivity index (χ0v) is 9.68. The Morgan fingerprint density at radius 3 is 1.92 bits per heavy atom. The molecule has 1 saturated carbocycles. The van der Waals surface area contributed by atoms with Gasteiger partial charge in [0.25, 0.3) is 0 Å². The standard InChI is InChI=1S/C9H17NO.C2H6/c1-8(11-3)4-9(5-8)6-10(2)7-9;1-2/h4-7H2,1-3H3;1-2H3. The average Bonchev–Trinajstić information content (AvgIpc) is 2.03. The minimum absolute atomic E-state index is 0.210. The van der Waals surface area contributed by atoms with Crippen LogP contribution in [0.15, 0.2) is 0 Å². The molecule has 1 heterocycles. The van der Waals surface area contributed by atoms with Crippen molar-refractivity contribution >= 4 is 0 Å². The number of hydrogen-bond donors (Lipinski definition) is 0. The molecule has 78 valence electrons. The van der Waals surface area contributed by atoms with Gasteiger partial charge in [-0.25, -0.2) is 0 Å². The molecule has 1 spiro atoms. The Kier molecular flexibility index (Phi) is 3.03. The van der Waals surface area contributed by atoms with Crippen LogP contribution in [0.4, 0.5) is 0 Å². The molecule has 0 bridgehead atoms. The maximum Gasteiger partial charge on any atom is 0.0663 e. The summed E-state index contributed by atoms with van der Waals surface area (Å²) in [4.78, 5) is 2.38. The molecule has 0 amide bonds. The Bertz CT molecular complexity index is 165. The molecule has 1 aliphatic carbocycles. The van der Waals surface area contributed by atoms with Crippen molar-refractivity contribution in [2.75, 3.05) is 27.2 Å². The zero-order valence-electron chi connectivity index (χ0n) is 9.68. The topological polar surface area (TPSA) is 12.5 Å². The van der Waals surface area contributed by atoms with Gasteiger partial charge in [0.15, 0.2) is 0 Å². The minimum atomic E-state index is 0.210. The van der Waals surface area contributed by atoms with Crippen molar-refractivity contribution in [3.05, 3.63) is 0 Å². The number of ether oxygens (including phenoxy) is 1. The summed E-state index contributed by atoms with van der Waals surface area (Å²) in [7, 11) is 4.02. The number of likely N-dealkylation sites (tertiary alicyclic amines) is 1. The summed E-state index contributed by atoms with van der Waals surface area (Å²) in [6.45, 7) is 8.79. The lowest BCUT2D eigenvalue weighted by atomic mass is 9.56. The highest BCUT2D eigenvalue weighted by atomic mass is 16.5. The maximum atomic E-state index is 5.42. The molecule has 1 aliphatic heterocycles. The fraction of sp³-hybridized carbons (Fsp3) is 1.00. The Morgan fingerprint density at radius 1 is 1.15 bits per heavy atom. The van der Waals surface area contributed by atoms with Crippen LogP contribution >= 0.6 is 0 Å². The van der Waals surface area contributed by atoms with Crippen molar-refractivity contribution in [3.63, 3.8) is 0 Å². The Balaban J connectivity index is 0.000000396. The van der Waals surface area contributed by atoms with Crippen LogP contribution in [0.2, 0.25) is 0 Å². The number of methoxy groups -OCH3 is 1. The first-order chi connectivity index (χ1) is 6.08. The van der Waals surface area contributed by atoms with Crippen LogP contribution in [0.1, 0.15) is 33.6 Å². The van der Waals surface area contributed by atoms with Crippen molar-refractivity contribution in [2.24, 2.45) is 5.41 Å². The molecule has 0 N–H and O–H groups in total. The van der Waals surface area contributed by atoms with Crippen LogP contribution in [0.25, 0.3) is 0 Å². The molecule has 2 nitrogen and oxygen atoms in total. The summed E-state index contributed by atoms with van der Waals surface area (Å²) in [5.41, 5.74) is 0.862. The van der Waals surface area contributed by atoms with E-state index in [2.05, 4.69) is 18.9 Å². The van der Waals surface area contributed by atoms with Gasteiger partial charge in [-0.15, -0.1) is 0 Å². The van der Waals surface area contributed by atoms with Crippen LogP contribution in [0.5, 0.6) is 0 Å². The van der Waals surface area contributed by atoms with E-state index in [-0.39, 0.29) is 5.60 Å². The minimum Gasteiger partial charge on any atom is -0.378 e. The molecule has 2 rings (SSSR count). The number of nitrogens with zero attached hydrogens (tertiary/aromatic N) is 1. The molecule has 0 aromatic carbocycles. The Hall–Kier alpha value is -0.0800. The van der Waals surface area contributed by atoms with E-state index in [4.69, 9.17) is 4.74 Å². The van der Waals surface area contributed by atoms with Crippen molar-refractivity contribution in [3.8, 4) is 0 Å². The number of hydrogen-bond acceptors (Lipinski definition) is 2. The van der Waals surface area contributed by atoms with Gasteiger partial charge in [0.2, 0.25) is 0 Å². The Morgan fingerprint density at radius 2 is 1.62 bits per heavy atom. The molecular weight excluding hydrogens is 162 g/mol. The summed E-state index contributed by atoms with van der Waals surface area (Å²) < 4.78 is 5.42. The van der Waals surface area contributed by atoms with Crippen molar-refractivity contribution in [1.82, 2.24) is 4.90 Å². The lowest BCUT2D eigenvalue weighted by Crippen LogP contribution is -2.66. The highest BCUT2D eigenvalue weighted by molar-refractivity contribution is 5.09. The van der Waals surface area contributed by atoms with Gasteiger partial charge < -0.3 is 9.64 Å². The van der Waals surface area contributed by atoms with Gasteiger partial charge >= 0.3 is 0 Å². The molecule has 0 atom stereocenters. The molecule has 13 heavy (non-hydrogen) atoms. The normalized spacial score (nSPS) is 28.4. The van der Waals surface area contributed by atoms with Crippen LogP contribution < -0.4 is 0 Å². The second-order valence-corrected chi connectivity index (χ2v) is 4.68. The molecule has 0 aromatic heterocycles. The lowest BCUT2D eigenvalue weighted by molar-refractivity contribution is -0.189. The molecule has 0 aromatic rings. The summed E-state index contributed by atoms with van der Waals surface area (Å²) in [6.07, 6.45) is 2.53. The monoisotopic (exact) mass is 185 g/mol. The van der Waals surface area contributed by atoms with Crippen LogP contribution in [-0.2, 0) is 4.74 Å². The first kappa shape index (κ1) is 11.0. The zero-order chi connectivity index (χ0) is 10.1. The van der Waals surface area contributed by atoms with Gasteiger partial charge in [0, 0.05) is 25.6 Å². The third-order valence-corrected chi connectivity index (χ3v) is 3.20. The second-order valence-electron chi connectivity index (χ2n) is 4.68. The number of rotatable bonds is 1. The van der Waals surface area contributed by atoms with Crippen LogP contribution in [0.3, 0.4) is 0 Å². The van der Waals surface area contributed by atoms with E-state index >= 15 is 0 Å². The average molecular weight is 185 g/mol. The van der Waals surface area contributed by atoms with Crippen molar-refractivity contribution in [1.29, 1.82) is 0 Å². The van der Waals surface area contributed by atoms with Gasteiger partial charge in [0.1, 0.15) is 0 Å². The quantitative estimate of drug-likeness (QED) is 0.620. The molecule has 2 heteroatoms. The summed E-state index contributed by atoms with van der Waals surface area (Å²) in [5, 5.41) is 0. The molecule has 2 fully saturated rings. The van der Waals surface area contributed by atoms with Gasteiger partial charge in [-0.1, -0.05) is 13.8 Å². The van der Waals surface area contributed by atoms with E-state index in [0.717, 1.165) is 0 Å². The van der Waals surface area contributed by atoms with Crippen LogP contribution in [0, 0.1) is 5.41 Å². The molecule has 0 radical (unpaired) electrons. The van der Waals surface area contributed by atoms with E-state index < -0.39 is 0 Å².